The Morgan fingerprint density at radius 1 is 0.862 bits per heavy atom. The van der Waals surface area contributed by atoms with E-state index in [9.17, 15) is 0 Å². The van der Waals surface area contributed by atoms with E-state index in [4.69, 9.17) is 0 Å². The minimum absolute atomic E-state index is 0. The first kappa shape index (κ1) is 27.9. The van der Waals surface area contributed by atoms with Gasteiger partial charge in [0.15, 0.2) is 0 Å². The summed E-state index contributed by atoms with van der Waals surface area (Å²) < 4.78 is 0. The predicted molar refractivity (Wildman–Crippen MR) is 120 cm³/mol. The molecular formula is C26H30Li2Si. The molecule has 0 nitrogen and oxygen atoms in total. The van der Waals surface area contributed by atoms with Crippen molar-refractivity contribution in [1.29, 1.82) is 0 Å². The van der Waals surface area contributed by atoms with E-state index in [2.05, 4.69) is 92.6 Å². The maximum Gasteiger partial charge on any atom is 1.00 e. The maximum absolute atomic E-state index is 3.86. The number of rotatable bonds is 7. The molecule has 3 heteroatoms. The van der Waals surface area contributed by atoms with E-state index >= 15 is 0 Å². The summed E-state index contributed by atoms with van der Waals surface area (Å²) in [5, 5.41) is 0. The van der Waals surface area contributed by atoms with Crippen LogP contribution in [0, 0.1) is 23.2 Å². The van der Waals surface area contributed by atoms with Gasteiger partial charge in [-0.15, -0.1) is 30.5 Å². The van der Waals surface area contributed by atoms with E-state index in [-0.39, 0.29) is 37.7 Å². The average Bonchev–Trinajstić information content (AvgIpc) is 2.69. The van der Waals surface area contributed by atoms with Gasteiger partial charge in [0.05, 0.1) is 8.07 Å². The topological polar surface area (TPSA) is 0 Å². The number of unbranched alkanes of at least 4 members (excludes halogenated alkanes) is 1. The molecule has 29 heavy (non-hydrogen) atoms. The zero-order chi connectivity index (χ0) is 19.5. The Labute approximate surface area is 203 Å². The molecule has 0 N–H and O–H groups in total. The van der Waals surface area contributed by atoms with Crippen LogP contribution in [0.3, 0.4) is 0 Å². The molecule has 0 saturated heterocycles. The Balaban J connectivity index is 0.00000392. The average molecular weight is 384 g/mol. The fourth-order valence-corrected chi connectivity index (χ4v) is 4.29. The van der Waals surface area contributed by atoms with E-state index in [1.165, 1.54) is 16.7 Å². The summed E-state index contributed by atoms with van der Waals surface area (Å²) in [7, 11) is -1.97. The predicted octanol–water partition coefficient (Wildman–Crippen LogP) is 1.05. The van der Waals surface area contributed by atoms with Gasteiger partial charge in [-0.3, -0.25) is 5.70 Å². The van der Waals surface area contributed by atoms with Crippen LogP contribution in [0.2, 0.25) is 13.1 Å². The Kier molecular flexibility index (Phi) is 14.2. The minimum atomic E-state index is -1.97. The van der Waals surface area contributed by atoms with Crippen LogP contribution in [-0.4, -0.2) is 8.07 Å². The summed E-state index contributed by atoms with van der Waals surface area (Å²) >= 11 is 0. The van der Waals surface area contributed by atoms with Crippen LogP contribution >= 0.6 is 0 Å². The smallest absolute Gasteiger partial charge is 0.342 e. The third-order valence-electron chi connectivity index (χ3n) is 4.18. The van der Waals surface area contributed by atoms with E-state index in [0.717, 1.165) is 31.2 Å². The van der Waals surface area contributed by atoms with Gasteiger partial charge < -0.3 is 17.2 Å². The monoisotopic (exact) mass is 384 g/mol. The first-order chi connectivity index (χ1) is 13.1. The molecule has 0 radical (unpaired) electrons. The number of allylic oxidation sites excluding steroid dienone is 3. The molecular weight excluding hydrogens is 354 g/mol. The molecule has 0 aliphatic heterocycles. The Hall–Kier alpha value is -1.11. The molecule has 0 aliphatic rings. The Morgan fingerprint density at radius 3 is 2.00 bits per heavy atom. The van der Waals surface area contributed by atoms with Gasteiger partial charge in [-0.05, 0) is 12.1 Å². The van der Waals surface area contributed by atoms with Crippen LogP contribution in [-0.2, 0) is 0 Å². The van der Waals surface area contributed by atoms with Gasteiger partial charge in [-0.1, -0.05) is 82.1 Å². The van der Waals surface area contributed by atoms with Crippen LogP contribution < -0.4 is 37.7 Å². The molecule has 2 aromatic rings. The molecule has 2 rings (SSSR count). The Bertz CT molecular complexity index is 825. The number of benzene rings is 2. The molecule has 0 unspecified atom stereocenters. The van der Waals surface area contributed by atoms with Gasteiger partial charge in [0.1, 0.15) is 0 Å². The first-order valence-corrected chi connectivity index (χ1v) is 12.9. The van der Waals surface area contributed by atoms with Crippen molar-refractivity contribution in [3.63, 3.8) is 0 Å². The molecule has 0 saturated carbocycles. The standard InChI is InChI=1S/C26H30Si.2Li/c1-5-7-17-24(14-6-2)26(25-18-12-9-13-19-25)22-27(3,4)21-20-23-15-10-8-11-16-23;;/h8-13,15-16,18-19H,5-7,14H2,1-4H3;;/q-2;2*+1. The fraction of sp³-hybridized carbons (Fsp3) is 0.308. The second kappa shape index (κ2) is 14.8. The zero-order valence-corrected chi connectivity index (χ0v) is 20.1. The van der Waals surface area contributed by atoms with E-state index in [1.54, 1.807) is 0 Å². The second-order valence-electron chi connectivity index (χ2n) is 7.26. The van der Waals surface area contributed by atoms with Crippen molar-refractivity contribution in [3.05, 3.63) is 89.1 Å². The van der Waals surface area contributed by atoms with Gasteiger partial charge >= 0.3 is 37.7 Å². The number of hydrogen-bond donors (Lipinski definition) is 0. The number of hydrogen-bond acceptors (Lipinski definition) is 0. The maximum atomic E-state index is 3.86. The Morgan fingerprint density at radius 2 is 1.45 bits per heavy atom. The molecule has 2 aromatic carbocycles. The van der Waals surface area contributed by atoms with Crippen LogP contribution in [0.4, 0.5) is 0 Å². The van der Waals surface area contributed by atoms with Crippen molar-refractivity contribution in [1.82, 2.24) is 0 Å². The quantitative estimate of drug-likeness (QED) is 0.290. The normalized spacial score (nSPS) is 11.6. The van der Waals surface area contributed by atoms with Gasteiger partial charge in [-0.25, -0.2) is 5.56 Å². The largest absolute Gasteiger partial charge is 1.00 e. The van der Waals surface area contributed by atoms with Crippen LogP contribution in [0.5, 0.6) is 0 Å². The van der Waals surface area contributed by atoms with Crippen molar-refractivity contribution in [2.75, 3.05) is 0 Å². The molecule has 0 aromatic heterocycles. The molecule has 0 aliphatic carbocycles. The SMILES string of the molecule is CCC[C-]=C(CCC)C(=[C-][Si](C)(C)C#Cc1ccccc1)c1ccccc1.[Li+].[Li+]. The van der Waals surface area contributed by atoms with Gasteiger partial charge in [-0.2, -0.15) is 0 Å². The summed E-state index contributed by atoms with van der Waals surface area (Å²) in [6, 6.07) is 20.9. The third-order valence-corrected chi connectivity index (χ3v) is 5.81. The van der Waals surface area contributed by atoms with Crippen molar-refractivity contribution in [3.8, 4) is 11.5 Å². The van der Waals surface area contributed by atoms with Gasteiger partial charge in [0.25, 0.3) is 0 Å². The van der Waals surface area contributed by atoms with Crippen molar-refractivity contribution in [2.45, 2.75) is 52.6 Å². The summed E-state index contributed by atoms with van der Waals surface area (Å²) in [5.74, 6) is 3.36. The molecule has 0 fully saturated rings. The first-order valence-electron chi connectivity index (χ1n) is 9.94. The summed E-state index contributed by atoms with van der Waals surface area (Å²) in [4.78, 5) is 0. The van der Waals surface area contributed by atoms with Crippen LogP contribution in [0.25, 0.3) is 5.57 Å². The third kappa shape index (κ3) is 9.96. The molecule has 0 heterocycles. The van der Waals surface area contributed by atoms with Crippen LogP contribution in [0.1, 0.15) is 50.7 Å². The summed E-state index contributed by atoms with van der Waals surface area (Å²) in [6.45, 7) is 8.98. The van der Waals surface area contributed by atoms with Crippen molar-refractivity contribution < 1.29 is 37.7 Å². The van der Waals surface area contributed by atoms with E-state index < -0.39 is 8.07 Å². The van der Waals surface area contributed by atoms with Gasteiger partial charge in [0.2, 0.25) is 0 Å². The van der Waals surface area contributed by atoms with Crippen LogP contribution in [0.15, 0.2) is 66.2 Å². The summed E-state index contributed by atoms with van der Waals surface area (Å²) in [6.07, 6.45) is 7.91. The summed E-state index contributed by atoms with van der Waals surface area (Å²) in [5.41, 5.74) is 12.2. The van der Waals surface area contributed by atoms with E-state index in [0.29, 0.717) is 0 Å². The van der Waals surface area contributed by atoms with Crippen molar-refractivity contribution in [2.24, 2.45) is 0 Å². The van der Waals surface area contributed by atoms with Gasteiger partial charge in [0, 0.05) is 5.56 Å². The molecule has 0 atom stereocenters. The molecule has 0 bridgehead atoms. The minimum Gasteiger partial charge on any atom is -0.342 e. The molecule has 140 valence electrons. The fourth-order valence-electron chi connectivity index (χ4n) is 2.85. The molecule has 0 amide bonds. The zero-order valence-electron chi connectivity index (χ0n) is 19.1. The van der Waals surface area contributed by atoms with E-state index in [1.807, 2.05) is 18.2 Å². The van der Waals surface area contributed by atoms with Crippen molar-refractivity contribution >= 4 is 13.6 Å². The molecule has 0 spiro atoms. The second-order valence-corrected chi connectivity index (χ2v) is 11.0.